The van der Waals surface area contributed by atoms with Gasteiger partial charge in [-0.3, -0.25) is 4.79 Å². The van der Waals surface area contributed by atoms with E-state index in [4.69, 9.17) is 0 Å². The summed E-state index contributed by atoms with van der Waals surface area (Å²) in [5.41, 5.74) is 5.47. The lowest BCUT2D eigenvalue weighted by molar-refractivity contribution is 0.563. The molecule has 0 fully saturated rings. The van der Waals surface area contributed by atoms with Crippen LogP contribution in [0, 0.1) is 0 Å². The molecule has 0 spiro atoms. The molecule has 71 valence electrons. The zero-order chi connectivity index (χ0) is 10.3. The molecule has 0 saturated heterocycles. The minimum absolute atomic E-state index is 0.678. The lowest BCUT2D eigenvalue weighted by Gasteiger charge is -2.02. The Balaban J connectivity index is 2.35. The van der Waals surface area contributed by atoms with Crippen molar-refractivity contribution in [3.63, 3.8) is 0 Å². The normalized spacial score (nSPS) is 12.0. The summed E-state index contributed by atoms with van der Waals surface area (Å²) in [6, 6.07) is 14.1. The first-order valence-electron chi connectivity index (χ1n) is 4.98. The molecule has 1 aliphatic carbocycles. The fourth-order valence-electron chi connectivity index (χ4n) is 2.27. The maximum atomic E-state index is 10.9. The Labute approximate surface area is 88.4 Å². The van der Waals surface area contributed by atoms with Crippen LogP contribution in [0.15, 0.2) is 42.5 Å². The third-order valence-corrected chi connectivity index (χ3v) is 2.93. The van der Waals surface area contributed by atoms with Gasteiger partial charge >= 0.3 is 0 Å². The SMILES string of the molecule is O=[C]c1cccc2c1-c1ccccc1C2. The fraction of sp³-hybridized carbons (Fsp3) is 0.0714. The number of hydrogen-bond acceptors (Lipinski definition) is 1. The van der Waals surface area contributed by atoms with Gasteiger partial charge < -0.3 is 0 Å². The lowest BCUT2D eigenvalue weighted by atomic mass is 10.0. The van der Waals surface area contributed by atoms with E-state index in [0.29, 0.717) is 5.56 Å². The summed E-state index contributed by atoms with van der Waals surface area (Å²) in [6.07, 6.45) is 2.95. The highest BCUT2D eigenvalue weighted by Crippen LogP contribution is 2.37. The summed E-state index contributed by atoms with van der Waals surface area (Å²) in [4.78, 5) is 10.9. The second kappa shape index (κ2) is 3.06. The molecule has 1 radical (unpaired) electrons. The third-order valence-electron chi connectivity index (χ3n) is 2.93. The fourth-order valence-corrected chi connectivity index (χ4v) is 2.27. The number of rotatable bonds is 1. The van der Waals surface area contributed by atoms with Crippen molar-refractivity contribution >= 4 is 6.29 Å². The maximum Gasteiger partial charge on any atom is 0.234 e. The molecule has 0 amide bonds. The van der Waals surface area contributed by atoms with Gasteiger partial charge in [-0.25, -0.2) is 0 Å². The number of carbonyl (C=O) groups excluding carboxylic acids is 1. The van der Waals surface area contributed by atoms with Crippen LogP contribution in [0.2, 0.25) is 0 Å². The highest BCUT2D eigenvalue weighted by Gasteiger charge is 2.20. The van der Waals surface area contributed by atoms with Gasteiger partial charge in [-0.2, -0.15) is 0 Å². The molecule has 0 N–H and O–H groups in total. The second-order valence-electron chi connectivity index (χ2n) is 3.78. The molecule has 2 aromatic rings. The van der Waals surface area contributed by atoms with Crippen LogP contribution < -0.4 is 0 Å². The van der Waals surface area contributed by atoms with Crippen molar-refractivity contribution < 1.29 is 4.79 Å². The molecule has 2 aromatic carbocycles. The van der Waals surface area contributed by atoms with Crippen LogP contribution in [0.1, 0.15) is 16.7 Å². The van der Waals surface area contributed by atoms with E-state index in [1.807, 2.05) is 30.6 Å². The highest BCUT2D eigenvalue weighted by molar-refractivity contribution is 5.92. The molecule has 0 aromatic heterocycles. The average Bonchev–Trinajstić information content (AvgIpc) is 2.67. The summed E-state index contributed by atoms with van der Waals surface area (Å²) in [7, 11) is 0. The van der Waals surface area contributed by atoms with E-state index in [1.54, 1.807) is 0 Å². The first-order chi connectivity index (χ1) is 7.40. The van der Waals surface area contributed by atoms with Gasteiger partial charge in [0, 0.05) is 5.56 Å². The minimum atomic E-state index is 0.678. The molecule has 15 heavy (non-hydrogen) atoms. The maximum absolute atomic E-state index is 10.9. The van der Waals surface area contributed by atoms with Gasteiger partial charge in [-0.15, -0.1) is 0 Å². The van der Waals surface area contributed by atoms with Crippen LogP contribution in [0.3, 0.4) is 0 Å². The van der Waals surface area contributed by atoms with Gasteiger partial charge in [-0.1, -0.05) is 42.5 Å². The first-order valence-corrected chi connectivity index (χ1v) is 4.98. The van der Waals surface area contributed by atoms with Crippen molar-refractivity contribution in [1.82, 2.24) is 0 Å². The Bertz CT molecular complexity index is 541. The number of hydrogen-bond donors (Lipinski definition) is 0. The van der Waals surface area contributed by atoms with E-state index in [2.05, 4.69) is 18.2 Å². The summed E-state index contributed by atoms with van der Waals surface area (Å²) in [6.45, 7) is 0. The zero-order valence-electron chi connectivity index (χ0n) is 8.16. The molecule has 0 atom stereocenters. The standard InChI is InChI=1S/C14H9O/c15-9-12-6-3-5-11-8-10-4-1-2-7-13(10)14(11)12/h1-7H,8H2. The lowest BCUT2D eigenvalue weighted by Crippen LogP contribution is -1.87. The van der Waals surface area contributed by atoms with Gasteiger partial charge in [-0.05, 0) is 28.7 Å². The van der Waals surface area contributed by atoms with E-state index in [9.17, 15) is 4.79 Å². The van der Waals surface area contributed by atoms with Crippen LogP contribution in [0.25, 0.3) is 11.1 Å². The molecule has 1 aliphatic rings. The summed E-state index contributed by atoms with van der Waals surface area (Å²) in [5.74, 6) is 0. The van der Waals surface area contributed by atoms with E-state index >= 15 is 0 Å². The van der Waals surface area contributed by atoms with Crippen LogP contribution >= 0.6 is 0 Å². The van der Waals surface area contributed by atoms with Crippen LogP contribution in [-0.2, 0) is 11.2 Å². The predicted molar refractivity (Wildman–Crippen MR) is 59.5 cm³/mol. The summed E-state index contributed by atoms with van der Waals surface area (Å²) < 4.78 is 0. The van der Waals surface area contributed by atoms with Crippen molar-refractivity contribution in [1.29, 1.82) is 0 Å². The van der Waals surface area contributed by atoms with Crippen molar-refractivity contribution in [3.05, 3.63) is 59.2 Å². The van der Waals surface area contributed by atoms with Crippen LogP contribution in [-0.4, -0.2) is 6.29 Å². The molecule has 0 saturated carbocycles. The van der Waals surface area contributed by atoms with E-state index in [0.717, 1.165) is 12.0 Å². The Hall–Kier alpha value is -1.89. The van der Waals surface area contributed by atoms with E-state index in [1.165, 1.54) is 16.7 Å². The van der Waals surface area contributed by atoms with Gasteiger partial charge in [0.1, 0.15) is 0 Å². The first kappa shape index (κ1) is 8.42. The van der Waals surface area contributed by atoms with Crippen LogP contribution in [0.5, 0.6) is 0 Å². The predicted octanol–water partition coefficient (Wildman–Crippen LogP) is 2.72. The van der Waals surface area contributed by atoms with E-state index in [-0.39, 0.29) is 0 Å². The smallest absolute Gasteiger partial charge is 0.234 e. The van der Waals surface area contributed by atoms with Crippen LogP contribution in [0.4, 0.5) is 0 Å². The monoisotopic (exact) mass is 193 g/mol. The third kappa shape index (κ3) is 1.13. The Morgan fingerprint density at radius 1 is 0.933 bits per heavy atom. The summed E-state index contributed by atoms with van der Waals surface area (Å²) in [5, 5.41) is 0. The zero-order valence-corrected chi connectivity index (χ0v) is 8.16. The van der Waals surface area contributed by atoms with Crippen molar-refractivity contribution in [2.24, 2.45) is 0 Å². The summed E-state index contributed by atoms with van der Waals surface area (Å²) >= 11 is 0. The molecule has 0 heterocycles. The van der Waals surface area contributed by atoms with Gasteiger partial charge in [0.25, 0.3) is 0 Å². The minimum Gasteiger partial charge on any atom is -0.285 e. The topological polar surface area (TPSA) is 17.1 Å². The second-order valence-corrected chi connectivity index (χ2v) is 3.78. The molecular formula is C14H9O. The number of fused-ring (bicyclic) bond motifs is 3. The van der Waals surface area contributed by atoms with E-state index < -0.39 is 0 Å². The molecule has 3 rings (SSSR count). The molecule has 0 aliphatic heterocycles. The Morgan fingerprint density at radius 2 is 1.73 bits per heavy atom. The largest absolute Gasteiger partial charge is 0.285 e. The Morgan fingerprint density at radius 3 is 2.60 bits per heavy atom. The molecule has 1 nitrogen and oxygen atoms in total. The van der Waals surface area contributed by atoms with Gasteiger partial charge in [0.05, 0.1) is 0 Å². The van der Waals surface area contributed by atoms with Crippen molar-refractivity contribution in [2.75, 3.05) is 0 Å². The van der Waals surface area contributed by atoms with Crippen molar-refractivity contribution in [3.8, 4) is 11.1 Å². The molecule has 0 unspecified atom stereocenters. The molecular weight excluding hydrogens is 184 g/mol. The van der Waals surface area contributed by atoms with Gasteiger partial charge in [0.2, 0.25) is 6.29 Å². The molecule has 0 bridgehead atoms. The van der Waals surface area contributed by atoms with Gasteiger partial charge in [0.15, 0.2) is 0 Å². The van der Waals surface area contributed by atoms with Crippen molar-refractivity contribution in [2.45, 2.75) is 6.42 Å². The highest BCUT2D eigenvalue weighted by atomic mass is 16.1. The Kier molecular flexibility index (Phi) is 1.72. The average molecular weight is 193 g/mol. The number of benzene rings is 2. The quantitative estimate of drug-likeness (QED) is 0.580. The molecule has 1 heteroatoms.